The molecule has 0 atom stereocenters. The van der Waals surface area contributed by atoms with E-state index in [9.17, 15) is 14.4 Å². The molecule has 0 saturated carbocycles. The predicted molar refractivity (Wildman–Crippen MR) is 111 cm³/mol. The van der Waals surface area contributed by atoms with Gasteiger partial charge in [0.25, 0.3) is 17.4 Å². The van der Waals surface area contributed by atoms with Gasteiger partial charge in [0, 0.05) is 36.3 Å². The van der Waals surface area contributed by atoms with Gasteiger partial charge in [0.15, 0.2) is 5.69 Å². The summed E-state index contributed by atoms with van der Waals surface area (Å²) in [4.78, 5) is 39.6. The van der Waals surface area contributed by atoms with Crippen molar-refractivity contribution < 1.29 is 9.59 Å². The maximum Gasteiger partial charge on any atom is 0.276 e. The maximum absolute atomic E-state index is 12.9. The molecule has 0 unspecified atom stereocenters. The summed E-state index contributed by atoms with van der Waals surface area (Å²) in [6.07, 6.45) is 2.08. The molecular weight excluding hydrogens is 368 g/mol. The normalized spacial score (nSPS) is 13.6. The van der Waals surface area contributed by atoms with Crippen LogP contribution in [0.1, 0.15) is 40.6 Å². The fourth-order valence-electron chi connectivity index (χ4n) is 3.61. The lowest BCUT2D eigenvalue weighted by Crippen LogP contribution is -2.27. The summed E-state index contributed by atoms with van der Waals surface area (Å²) >= 11 is 0. The van der Waals surface area contributed by atoms with Crippen molar-refractivity contribution in [2.75, 3.05) is 18.4 Å². The Kier molecular flexibility index (Phi) is 5.12. The van der Waals surface area contributed by atoms with Gasteiger partial charge in [-0.1, -0.05) is 18.2 Å². The average molecular weight is 390 g/mol. The van der Waals surface area contributed by atoms with Crippen molar-refractivity contribution in [3.8, 4) is 0 Å². The molecule has 0 spiro atoms. The smallest absolute Gasteiger partial charge is 0.276 e. The molecule has 0 bridgehead atoms. The van der Waals surface area contributed by atoms with Gasteiger partial charge in [-0.15, -0.1) is 0 Å². The SMILES string of the molecule is CCn1nc(C(=O)Nc2ccc(C(=O)N3CCCC3)cc2)c2ccccc2c1=O. The Hall–Kier alpha value is -3.48. The number of fused-ring (bicyclic) bond motifs is 1. The minimum atomic E-state index is -0.401. The molecule has 1 aliphatic rings. The van der Waals surface area contributed by atoms with Crippen LogP contribution in [0.25, 0.3) is 10.8 Å². The molecule has 0 aliphatic carbocycles. The van der Waals surface area contributed by atoms with Crippen molar-refractivity contribution in [3.05, 3.63) is 70.1 Å². The van der Waals surface area contributed by atoms with E-state index in [-0.39, 0.29) is 17.2 Å². The lowest BCUT2D eigenvalue weighted by atomic mass is 10.1. The quantitative estimate of drug-likeness (QED) is 0.742. The van der Waals surface area contributed by atoms with E-state index in [2.05, 4.69) is 10.4 Å². The summed E-state index contributed by atoms with van der Waals surface area (Å²) in [5.74, 6) is -0.384. The fraction of sp³-hybridized carbons (Fsp3) is 0.273. The van der Waals surface area contributed by atoms with Gasteiger partial charge in [-0.2, -0.15) is 5.10 Å². The molecule has 1 aliphatic heterocycles. The molecule has 7 nitrogen and oxygen atoms in total. The molecule has 1 fully saturated rings. The minimum Gasteiger partial charge on any atom is -0.339 e. The van der Waals surface area contributed by atoms with Crippen molar-refractivity contribution in [2.24, 2.45) is 0 Å². The van der Waals surface area contributed by atoms with Crippen molar-refractivity contribution in [1.29, 1.82) is 0 Å². The van der Waals surface area contributed by atoms with Gasteiger partial charge in [-0.3, -0.25) is 14.4 Å². The zero-order chi connectivity index (χ0) is 20.4. The van der Waals surface area contributed by atoms with E-state index in [0.29, 0.717) is 28.6 Å². The van der Waals surface area contributed by atoms with Gasteiger partial charge >= 0.3 is 0 Å². The first-order valence-corrected chi connectivity index (χ1v) is 9.79. The summed E-state index contributed by atoms with van der Waals surface area (Å²) in [5, 5.41) is 8.03. The standard InChI is InChI=1S/C22H22N4O3/c1-2-26-22(29)18-8-4-3-7-17(18)19(24-26)20(27)23-16-11-9-15(10-12-16)21(28)25-13-5-6-14-25/h3-4,7-12H,2,5-6,13-14H2,1H3,(H,23,27). The fourth-order valence-corrected chi connectivity index (χ4v) is 3.61. The summed E-state index contributed by atoms with van der Waals surface area (Å²) in [7, 11) is 0. The first-order valence-electron chi connectivity index (χ1n) is 9.79. The Morgan fingerprint density at radius 3 is 2.31 bits per heavy atom. The van der Waals surface area contributed by atoms with E-state index in [4.69, 9.17) is 0 Å². The molecule has 148 valence electrons. The van der Waals surface area contributed by atoms with E-state index in [1.165, 1.54) is 4.68 Å². The van der Waals surface area contributed by atoms with Crippen LogP contribution >= 0.6 is 0 Å². The van der Waals surface area contributed by atoms with Crippen LogP contribution in [-0.2, 0) is 6.54 Å². The second-order valence-electron chi connectivity index (χ2n) is 7.05. The largest absolute Gasteiger partial charge is 0.339 e. The van der Waals surface area contributed by atoms with Gasteiger partial charge in [-0.25, -0.2) is 4.68 Å². The van der Waals surface area contributed by atoms with Crippen LogP contribution < -0.4 is 10.9 Å². The summed E-state index contributed by atoms with van der Waals surface area (Å²) < 4.78 is 1.29. The Labute approximate surface area is 167 Å². The van der Waals surface area contributed by atoms with Crippen LogP contribution in [0.5, 0.6) is 0 Å². The number of anilines is 1. The van der Waals surface area contributed by atoms with Gasteiger partial charge in [0.1, 0.15) is 0 Å². The second-order valence-corrected chi connectivity index (χ2v) is 7.05. The van der Waals surface area contributed by atoms with Crippen molar-refractivity contribution in [1.82, 2.24) is 14.7 Å². The second kappa shape index (κ2) is 7.87. The first-order chi connectivity index (χ1) is 14.1. The van der Waals surface area contributed by atoms with Gasteiger partial charge in [0.05, 0.1) is 5.39 Å². The van der Waals surface area contributed by atoms with Crippen molar-refractivity contribution in [2.45, 2.75) is 26.3 Å². The highest BCUT2D eigenvalue weighted by Gasteiger charge is 2.20. The molecule has 3 aromatic rings. The Morgan fingerprint density at radius 1 is 1.00 bits per heavy atom. The number of carbonyl (C=O) groups excluding carboxylic acids is 2. The zero-order valence-corrected chi connectivity index (χ0v) is 16.2. The van der Waals surface area contributed by atoms with E-state index >= 15 is 0 Å². The molecule has 4 rings (SSSR count). The number of nitrogens with zero attached hydrogens (tertiary/aromatic N) is 3. The van der Waals surface area contributed by atoms with Gasteiger partial charge in [0.2, 0.25) is 0 Å². The topological polar surface area (TPSA) is 84.3 Å². The van der Waals surface area contributed by atoms with E-state index in [0.717, 1.165) is 25.9 Å². The molecule has 2 amide bonds. The third-order valence-corrected chi connectivity index (χ3v) is 5.17. The Morgan fingerprint density at radius 2 is 1.66 bits per heavy atom. The number of likely N-dealkylation sites (tertiary alicyclic amines) is 1. The summed E-state index contributed by atoms with van der Waals surface area (Å²) in [5.41, 5.74) is 1.14. The molecular formula is C22H22N4O3. The third-order valence-electron chi connectivity index (χ3n) is 5.17. The molecule has 2 heterocycles. The Balaban J connectivity index is 1.59. The van der Waals surface area contributed by atoms with E-state index in [1.54, 1.807) is 55.5 Å². The summed E-state index contributed by atoms with van der Waals surface area (Å²) in [6, 6.07) is 13.8. The van der Waals surface area contributed by atoms with Crippen molar-refractivity contribution in [3.63, 3.8) is 0 Å². The van der Waals surface area contributed by atoms with Crippen LogP contribution in [0.2, 0.25) is 0 Å². The average Bonchev–Trinajstić information content (AvgIpc) is 3.29. The lowest BCUT2D eigenvalue weighted by molar-refractivity contribution is 0.0792. The van der Waals surface area contributed by atoms with Gasteiger partial charge < -0.3 is 10.2 Å². The number of carbonyl (C=O) groups is 2. The zero-order valence-electron chi connectivity index (χ0n) is 16.2. The Bertz CT molecular complexity index is 1130. The molecule has 0 radical (unpaired) electrons. The highest BCUT2D eigenvalue weighted by molar-refractivity contribution is 6.11. The lowest BCUT2D eigenvalue weighted by Gasteiger charge is -2.15. The number of aryl methyl sites for hydroxylation is 1. The molecule has 2 aromatic carbocycles. The van der Waals surface area contributed by atoms with E-state index in [1.807, 2.05) is 4.90 Å². The number of rotatable bonds is 4. The molecule has 1 aromatic heterocycles. The van der Waals surface area contributed by atoms with E-state index < -0.39 is 5.91 Å². The first kappa shape index (κ1) is 18.9. The third kappa shape index (κ3) is 3.63. The number of amides is 2. The molecule has 29 heavy (non-hydrogen) atoms. The van der Waals surface area contributed by atoms with Crippen LogP contribution in [0.15, 0.2) is 53.3 Å². The molecule has 1 saturated heterocycles. The molecule has 7 heteroatoms. The highest BCUT2D eigenvalue weighted by atomic mass is 16.2. The van der Waals surface area contributed by atoms with Crippen LogP contribution in [0.4, 0.5) is 5.69 Å². The number of hydrogen-bond donors (Lipinski definition) is 1. The van der Waals surface area contributed by atoms with Gasteiger partial charge in [-0.05, 0) is 50.1 Å². The number of benzene rings is 2. The monoisotopic (exact) mass is 390 g/mol. The van der Waals surface area contributed by atoms with Crippen LogP contribution in [-0.4, -0.2) is 39.6 Å². The van der Waals surface area contributed by atoms with Crippen LogP contribution in [0.3, 0.4) is 0 Å². The summed E-state index contributed by atoms with van der Waals surface area (Å²) in [6.45, 7) is 3.77. The number of nitrogens with one attached hydrogen (secondary N) is 1. The van der Waals surface area contributed by atoms with Crippen LogP contribution in [0, 0.1) is 0 Å². The minimum absolute atomic E-state index is 0.0167. The predicted octanol–water partition coefficient (Wildman–Crippen LogP) is 2.90. The maximum atomic E-state index is 12.9. The van der Waals surface area contributed by atoms with Crippen molar-refractivity contribution >= 4 is 28.3 Å². The highest BCUT2D eigenvalue weighted by Crippen LogP contribution is 2.18. The molecule has 1 N–H and O–H groups in total. The number of hydrogen-bond acceptors (Lipinski definition) is 4. The number of aromatic nitrogens is 2.